The molecule has 1 aromatic rings. The maximum Gasteiger partial charge on any atom is 0.365 e. The number of cyclic esters (lactones) is 1. The summed E-state index contributed by atoms with van der Waals surface area (Å²) in [6.07, 6.45) is 1.49. The summed E-state index contributed by atoms with van der Waals surface area (Å²) in [5.41, 5.74) is 0.140. The van der Waals surface area contributed by atoms with Gasteiger partial charge in [0.2, 0.25) is 5.90 Å². The average Bonchev–Trinajstić information content (AvgIpc) is 2.70. The fourth-order valence-electron chi connectivity index (χ4n) is 1.57. The van der Waals surface area contributed by atoms with Crippen molar-refractivity contribution >= 4 is 17.6 Å². The highest BCUT2D eigenvalue weighted by atomic mass is 16.6. The molecule has 0 atom stereocenters. The van der Waals surface area contributed by atoms with E-state index in [1.165, 1.54) is 24.4 Å². The van der Waals surface area contributed by atoms with E-state index in [-0.39, 0.29) is 22.8 Å². The second-order valence-electron chi connectivity index (χ2n) is 4.06. The number of carbonyl (C=O) groups is 1. The van der Waals surface area contributed by atoms with Crippen molar-refractivity contribution < 1.29 is 14.5 Å². The largest absolute Gasteiger partial charge is 0.402 e. The van der Waals surface area contributed by atoms with Crippen molar-refractivity contribution in [2.45, 2.75) is 0 Å². The van der Waals surface area contributed by atoms with Gasteiger partial charge in [0.15, 0.2) is 5.70 Å². The molecule has 0 amide bonds. The van der Waals surface area contributed by atoms with Crippen molar-refractivity contribution in [3.63, 3.8) is 0 Å². The fraction of sp³-hybridized carbons (Fsp3) is 0.167. The van der Waals surface area contributed by atoms with Crippen LogP contribution in [0.4, 0.5) is 5.69 Å². The van der Waals surface area contributed by atoms with Crippen molar-refractivity contribution in [3.05, 3.63) is 51.8 Å². The highest BCUT2D eigenvalue weighted by Gasteiger charge is 2.28. The van der Waals surface area contributed by atoms with Gasteiger partial charge in [-0.15, -0.1) is 0 Å². The number of nitrogens with zero attached hydrogens (tertiary/aromatic N) is 3. The minimum Gasteiger partial charge on any atom is -0.402 e. The number of rotatable bonds is 3. The first-order chi connectivity index (χ1) is 8.99. The Morgan fingerprint density at radius 3 is 2.68 bits per heavy atom. The third-order valence-electron chi connectivity index (χ3n) is 2.33. The summed E-state index contributed by atoms with van der Waals surface area (Å²) in [4.78, 5) is 27.6. The summed E-state index contributed by atoms with van der Waals surface area (Å²) in [7, 11) is 3.47. The minimum atomic E-state index is -0.623. The molecule has 0 unspecified atom stereocenters. The molecule has 0 fully saturated rings. The van der Waals surface area contributed by atoms with Gasteiger partial charge >= 0.3 is 5.97 Å². The van der Waals surface area contributed by atoms with E-state index in [9.17, 15) is 14.9 Å². The molecule has 1 heterocycles. The van der Waals surface area contributed by atoms with Crippen molar-refractivity contribution in [1.82, 2.24) is 4.90 Å². The smallest absolute Gasteiger partial charge is 0.365 e. The van der Waals surface area contributed by atoms with Crippen molar-refractivity contribution in [1.29, 1.82) is 0 Å². The first kappa shape index (κ1) is 12.7. The lowest BCUT2D eigenvalue weighted by Gasteiger charge is -2.02. The number of carbonyl (C=O) groups excluding carboxylic acids is 1. The van der Waals surface area contributed by atoms with Crippen LogP contribution in [0.1, 0.15) is 5.56 Å². The predicted octanol–water partition coefficient (Wildman–Crippen LogP) is 1.30. The first-order valence-electron chi connectivity index (χ1n) is 5.42. The van der Waals surface area contributed by atoms with Crippen molar-refractivity contribution in [2.75, 3.05) is 14.1 Å². The zero-order valence-corrected chi connectivity index (χ0v) is 10.4. The average molecular weight is 261 g/mol. The molecule has 1 aromatic carbocycles. The molecule has 1 aliphatic rings. The molecule has 7 heteroatoms. The second-order valence-corrected chi connectivity index (χ2v) is 4.06. The molecule has 2 rings (SSSR count). The van der Waals surface area contributed by atoms with E-state index < -0.39 is 10.9 Å². The Hall–Kier alpha value is -2.70. The molecule has 7 nitrogen and oxygen atoms in total. The van der Waals surface area contributed by atoms with Crippen molar-refractivity contribution in [3.8, 4) is 0 Å². The first-order valence-corrected chi connectivity index (χ1v) is 5.42. The van der Waals surface area contributed by atoms with Gasteiger partial charge in [0.25, 0.3) is 5.69 Å². The number of hydrogen-bond acceptors (Lipinski definition) is 6. The summed E-state index contributed by atoms with van der Waals surface area (Å²) in [6, 6.07) is 5.98. The normalized spacial score (nSPS) is 16.2. The number of esters is 1. The lowest BCUT2D eigenvalue weighted by atomic mass is 10.2. The number of para-hydroxylation sites is 1. The van der Waals surface area contributed by atoms with Gasteiger partial charge in [-0.25, -0.2) is 9.79 Å². The van der Waals surface area contributed by atoms with Crippen LogP contribution in [0.5, 0.6) is 0 Å². The number of hydrogen-bond donors (Lipinski definition) is 0. The molecule has 0 aromatic heterocycles. The summed E-state index contributed by atoms with van der Waals surface area (Å²) < 4.78 is 4.96. The van der Waals surface area contributed by atoms with Gasteiger partial charge in [0.05, 0.1) is 4.92 Å². The maximum absolute atomic E-state index is 11.6. The number of nitro groups is 1. The SMILES string of the molecule is CN(C)/C=C1\N=C(c2ccccc2[N+](=O)[O-])OC1=O. The molecular formula is C12H11N3O4. The maximum atomic E-state index is 11.6. The third kappa shape index (κ3) is 2.59. The zero-order chi connectivity index (χ0) is 14.0. The lowest BCUT2D eigenvalue weighted by Crippen LogP contribution is -2.09. The Bertz CT molecular complexity index is 605. The Morgan fingerprint density at radius 1 is 1.37 bits per heavy atom. The van der Waals surface area contributed by atoms with Gasteiger partial charge in [-0.05, 0) is 6.07 Å². The van der Waals surface area contributed by atoms with E-state index >= 15 is 0 Å². The number of ether oxygens (including phenoxy) is 1. The Labute approximate surface area is 109 Å². The molecule has 0 N–H and O–H groups in total. The summed E-state index contributed by atoms with van der Waals surface area (Å²) in [5.74, 6) is -0.674. The Balaban J connectivity index is 2.45. The summed E-state index contributed by atoms with van der Waals surface area (Å²) in [5, 5.41) is 10.9. The van der Waals surface area contributed by atoms with Gasteiger partial charge < -0.3 is 9.64 Å². The molecule has 0 bridgehead atoms. The van der Waals surface area contributed by atoms with Crippen LogP contribution in [0.3, 0.4) is 0 Å². The highest BCUT2D eigenvalue weighted by Crippen LogP contribution is 2.23. The minimum absolute atomic E-state index is 0.0506. The topological polar surface area (TPSA) is 85.0 Å². The van der Waals surface area contributed by atoms with Crippen LogP contribution in [0, 0.1) is 10.1 Å². The predicted molar refractivity (Wildman–Crippen MR) is 67.5 cm³/mol. The molecule has 0 radical (unpaired) electrons. The molecule has 19 heavy (non-hydrogen) atoms. The van der Waals surface area contributed by atoms with Gasteiger partial charge in [-0.2, -0.15) is 0 Å². The molecule has 0 saturated heterocycles. The van der Waals surface area contributed by atoms with Crippen LogP contribution in [-0.2, 0) is 9.53 Å². The number of nitro benzene ring substituents is 1. The molecule has 1 aliphatic heterocycles. The van der Waals surface area contributed by atoms with Gasteiger partial charge in [0, 0.05) is 26.4 Å². The van der Waals surface area contributed by atoms with E-state index in [1.54, 1.807) is 25.1 Å². The van der Waals surface area contributed by atoms with Gasteiger partial charge in [-0.3, -0.25) is 10.1 Å². The van der Waals surface area contributed by atoms with E-state index in [1.807, 2.05) is 0 Å². The van der Waals surface area contributed by atoms with E-state index in [4.69, 9.17) is 4.74 Å². The quantitative estimate of drug-likeness (QED) is 0.354. The van der Waals surface area contributed by atoms with Gasteiger partial charge in [-0.1, -0.05) is 12.1 Å². The number of aliphatic imine (C=N–C) groups is 1. The fourth-order valence-corrected chi connectivity index (χ4v) is 1.57. The van der Waals surface area contributed by atoms with Crippen LogP contribution < -0.4 is 0 Å². The standard InChI is InChI=1S/C12H11N3O4/c1-14(2)7-9-12(16)19-11(13-9)8-5-3-4-6-10(8)15(17)18/h3-7H,1-2H3/b9-7-. The van der Waals surface area contributed by atoms with Crippen LogP contribution in [-0.4, -0.2) is 35.8 Å². The zero-order valence-electron chi connectivity index (χ0n) is 10.4. The lowest BCUT2D eigenvalue weighted by molar-refractivity contribution is -0.385. The third-order valence-corrected chi connectivity index (χ3v) is 2.33. The van der Waals surface area contributed by atoms with E-state index in [0.717, 1.165) is 0 Å². The van der Waals surface area contributed by atoms with Crippen molar-refractivity contribution in [2.24, 2.45) is 4.99 Å². The van der Waals surface area contributed by atoms with Gasteiger partial charge in [0.1, 0.15) is 5.56 Å². The molecule has 98 valence electrons. The Kier molecular flexibility index (Phi) is 3.28. The number of benzene rings is 1. The molecule has 0 spiro atoms. The van der Waals surface area contributed by atoms with Crippen LogP contribution in [0.15, 0.2) is 41.2 Å². The van der Waals surface area contributed by atoms with Crippen LogP contribution >= 0.6 is 0 Å². The van der Waals surface area contributed by atoms with E-state index in [0.29, 0.717) is 0 Å². The highest BCUT2D eigenvalue weighted by molar-refractivity contribution is 6.12. The monoisotopic (exact) mass is 261 g/mol. The second kappa shape index (κ2) is 4.89. The van der Waals surface area contributed by atoms with Crippen LogP contribution in [0.2, 0.25) is 0 Å². The van der Waals surface area contributed by atoms with E-state index in [2.05, 4.69) is 4.99 Å². The molecular weight excluding hydrogens is 250 g/mol. The molecule has 0 aliphatic carbocycles. The summed E-state index contributed by atoms with van der Waals surface area (Å²) >= 11 is 0. The molecule has 0 saturated carbocycles. The summed E-state index contributed by atoms with van der Waals surface area (Å²) in [6.45, 7) is 0. The van der Waals surface area contributed by atoms with Crippen LogP contribution in [0.25, 0.3) is 0 Å². The Morgan fingerprint density at radius 2 is 2.05 bits per heavy atom.